The summed E-state index contributed by atoms with van der Waals surface area (Å²) in [7, 11) is 3.24. The molecule has 0 unspecified atom stereocenters. The Bertz CT molecular complexity index is 886. The highest BCUT2D eigenvalue weighted by atomic mass is 35.5. The molecular weight excluding hydrogens is 302 g/mol. The summed E-state index contributed by atoms with van der Waals surface area (Å²) in [5, 5.41) is 0.580. The van der Waals surface area contributed by atoms with E-state index in [4.69, 9.17) is 16.3 Å². The Morgan fingerprint density at radius 3 is 2.73 bits per heavy atom. The van der Waals surface area contributed by atoms with Crippen LogP contribution in [-0.2, 0) is 11.8 Å². The van der Waals surface area contributed by atoms with Gasteiger partial charge in [-0.1, -0.05) is 11.6 Å². The molecule has 0 saturated carbocycles. The zero-order valence-corrected chi connectivity index (χ0v) is 13.2. The van der Waals surface area contributed by atoms with Crippen LogP contribution in [0.1, 0.15) is 16.1 Å². The van der Waals surface area contributed by atoms with Gasteiger partial charge in [0.2, 0.25) is 0 Å². The van der Waals surface area contributed by atoms with Crippen LogP contribution in [0.3, 0.4) is 0 Å². The molecule has 2 heterocycles. The lowest BCUT2D eigenvalue weighted by atomic mass is 9.99. The highest BCUT2D eigenvalue weighted by molar-refractivity contribution is 6.32. The topological polar surface area (TPSA) is 57.0 Å². The van der Waals surface area contributed by atoms with Crippen molar-refractivity contribution in [2.45, 2.75) is 6.92 Å². The molecule has 0 bridgehead atoms. The quantitative estimate of drug-likeness (QED) is 0.680. The normalized spacial score (nSPS) is 10.9. The van der Waals surface area contributed by atoms with Crippen LogP contribution in [0.2, 0.25) is 5.02 Å². The minimum absolute atomic E-state index is 0.391. The van der Waals surface area contributed by atoms with E-state index in [1.54, 1.807) is 12.4 Å². The number of benzene rings is 1. The molecule has 3 rings (SSSR count). The number of hydrogen-bond donors (Lipinski definition) is 0. The van der Waals surface area contributed by atoms with E-state index in [2.05, 4.69) is 9.97 Å². The molecule has 112 valence electrons. The van der Waals surface area contributed by atoms with E-state index < -0.39 is 5.97 Å². The zero-order chi connectivity index (χ0) is 15.9. The molecule has 0 saturated heterocycles. The van der Waals surface area contributed by atoms with E-state index >= 15 is 0 Å². The lowest BCUT2D eigenvalue weighted by molar-refractivity contribution is 0.0601. The van der Waals surface area contributed by atoms with Crippen LogP contribution < -0.4 is 0 Å². The van der Waals surface area contributed by atoms with E-state index in [1.807, 2.05) is 30.7 Å². The summed E-state index contributed by atoms with van der Waals surface area (Å²) < 4.78 is 6.73. The van der Waals surface area contributed by atoms with E-state index in [-0.39, 0.29) is 0 Å². The number of rotatable bonds is 2. The number of esters is 1. The molecule has 6 heteroatoms. The minimum Gasteiger partial charge on any atom is -0.465 e. The Morgan fingerprint density at radius 2 is 2.00 bits per heavy atom. The third kappa shape index (κ3) is 2.33. The van der Waals surface area contributed by atoms with Crippen molar-refractivity contribution < 1.29 is 9.53 Å². The van der Waals surface area contributed by atoms with Gasteiger partial charge >= 0.3 is 5.97 Å². The number of carbonyl (C=O) groups is 1. The number of methoxy groups -OCH3 is 1. The fourth-order valence-electron chi connectivity index (χ4n) is 2.46. The first-order valence-electron chi connectivity index (χ1n) is 6.67. The van der Waals surface area contributed by atoms with Crippen molar-refractivity contribution in [3.05, 3.63) is 47.0 Å². The van der Waals surface area contributed by atoms with Crippen LogP contribution in [0.4, 0.5) is 0 Å². The summed E-state index contributed by atoms with van der Waals surface area (Å²) in [6.07, 6.45) is 3.24. The molecule has 22 heavy (non-hydrogen) atoms. The summed E-state index contributed by atoms with van der Waals surface area (Å²) in [4.78, 5) is 20.6. The van der Waals surface area contributed by atoms with Crippen molar-refractivity contribution in [1.29, 1.82) is 0 Å². The summed E-state index contributed by atoms with van der Waals surface area (Å²) in [5.74, 6) is -0.438. The van der Waals surface area contributed by atoms with E-state index in [0.29, 0.717) is 16.1 Å². The number of halogens is 1. The van der Waals surface area contributed by atoms with Crippen LogP contribution >= 0.6 is 11.6 Å². The van der Waals surface area contributed by atoms with Gasteiger partial charge in [0.15, 0.2) is 0 Å². The highest BCUT2D eigenvalue weighted by Crippen LogP contribution is 2.33. The standard InChI is InChI=1S/C16H14ClN3O2/c1-9-4-11(13(7-18-9)16(21)22-3)12-5-10(17)6-14-15(12)19-8-20(14)2/h4-8H,1-3H3. The number of fused-ring (bicyclic) bond motifs is 1. The lowest BCUT2D eigenvalue weighted by Crippen LogP contribution is -2.05. The van der Waals surface area contributed by atoms with Gasteiger partial charge in [-0.05, 0) is 25.1 Å². The van der Waals surface area contributed by atoms with Crippen molar-refractivity contribution in [1.82, 2.24) is 14.5 Å². The van der Waals surface area contributed by atoms with Crippen molar-refractivity contribution in [3.63, 3.8) is 0 Å². The van der Waals surface area contributed by atoms with Gasteiger partial charge in [-0.15, -0.1) is 0 Å². The Morgan fingerprint density at radius 1 is 1.23 bits per heavy atom. The van der Waals surface area contributed by atoms with Crippen LogP contribution in [0, 0.1) is 6.92 Å². The van der Waals surface area contributed by atoms with Gasteiger partial charge in [-0.25, -0.2) is 9.78 Å². The van der Waals surface area contributed by atoms with Crippen molar-refractivity contribution in [3.8, 4) is 11.1 Å². The fraction of sp³-hybridized carbons (Fsp3) is 0.188. The molecule has 2 aromatic heterocycles. The Kier molecular flexibility index (Phi) is 3.58. The van der Waals surface area contributed by atoms with Crippen molar-refractivity contribution in [2.24, 2.45) is 7.05 Å². The van der Waals surface area contributed by atoms with Gasteiger partial charge in [0.1, 0.15) is 0 Å². The molecule has 0 fully saturated rings. The third-order valence-electron chi connectivity index (χ3n) is 3.53. The summed E-state index contributed by atoms with van der Waals surface area (Å²) in [6.45, 7) is 1.87. The first-order valence-corrected chi connectivity index (χ1v) is 7.05. The van der Waals surface area contributed by atoms with Crippen molar-refractivity contribution in [2.75, 3.05) is 7.11 Å². The summed E-state index contributed by atoms with van der Waals surface area (Å²) in [6, 6.07) is 5.49. The van der Waals surface area contributed by atoms with Gasteiger partial charge in [-0.2, -0.15) is 0 Å². The predicted molar refractivity (Wildman–Crippen MR) is 85.0 cm³/mol. The van der Waals surface area contributed by atoms with Crippen LogP contribution in [0.15, 0.2) is 30.7 Å². The Balaban J connectivity index is 2.36. The molecule has 0 atom stereocenters. The Hall–Kier alpha value is -2.40. The maximum absolute atomic E-state index is 12.0. The molecule has 0 spiro atoms. The largest absolute Gasteiger partial charge is 0.465 e. The Labute approximate surface area is 132 Å². The van der Waals surface area contributed by atoms with Gasteiger partial charge in [-0.3, -0.25) is 4.98 Å². The summed E-state index contributed by atoms with van der Waals surface area (Å²) in [5.41, 5.74) is 4.36. The lowest BCUT2D eigenvalue weighted by Gasteiger charge is -2.10. The van der Waals surface area contributed by atoms with Crippen LogP contribution in [0.25, 0.3) is 22.2 Å². The number of imidazole rings is 1. The monoisotopic (exact) mass is 315 g/mol. The van der Waals surface area contributed by atoms with Gasteiger partial charge in [0.05, 0.1) is 30.0 Å². The predicted octanol–water partition coefficient (Wildman–Crippen LogP) is 3.38. The first-order chi connectivity index (χ1) is 10.5. The third-order valence-corrected chi connectivity index (χ3v) is 3.75. The minimum atomic E-state index is -0.438. The molecular formula is C16H14ClN3O2. The van der Waals surface area contributed by atoms with E-state index in [1.165, 1.54) is 13.3 Å². The molecule has 1 aromatic carbocycles. The number of pyridine rings is 1. The maximum atomic E-state index is 12.0. The van der Waals surface area contributed by atoms with E-state index in [9.17, 15) is 4.79 Å². The molecule has 0 N–H and O–H groups in total. The van der Waals surface area contributed by atoms with Crippen molar-refractivity contribution >= 4 is 28.6 Å². The second-order valence-electron chi connectivity index (χ2n) is 5.04. The van der Waals surface area contributed by atoms with Crippen LogP contribution in [-0.4, -0.2) is 27.6 Å². The number of aromatic nitrogens is 3. The number of nitrogens with zero attached hydrogens (tertiary/aromatic N) is 3. The molecule has 0 amide bonds. The molecule has 0 aliphatic rings. The van der Waals surface area contributed by atoms with Crippen LogP contribution in [0.5, 0.6) is 0 Å². The maximum Gasteiger partial charge on any atom is 0.340 e. The average molecular weight is 316 g/mol. The van der Waals surface area contributed by atoms with Gasteiger partial charge in [0.25, 0.3) is 0 Å². The van der Waals surface area contributed by atoms with E-state index in [0.717, 1.165) is 22.3 Å². The SMILES string of the molecule is COC(=O)c1cnc(C)cc1-c1cc(Cl)cc2c1ncn2C. The second kappa shape index (κ2) is 5.42. The van der Waals surface area contributed by atoms with Gasteiger partial charge < -0.3 is 9.30 Å². The second-order valence-corrected chi connectivity index (χ2v) is 5.48. The van der Waals surface area contributed by atoms with Gasteiger partial charge in [0, 0.05) is 35.1 Å². The number of aryl methyl sites for hydroxylation is 2. The number of ether oxygens (including phenoxy) is 1. The molecule has 3 aromatic rings. The molecule has 0 aliphatic heterocycles. The zero-order valence-electron chi connectivity index (χ0n) is 12.4. The number of hydrogen-bond acceptors (Lipinski definition) is 4. The smallest absolute Gasteiger partial charge is 0.340 e. The number of carbonyl (C=O) groups excluding carboxylic acids is 1. The summed E-state index contributed by atoms with van der Waals surface area (Å²) >= 11 is 6.24. The first kappa shape index (κ1) is 14.5. The highest BCUT2D eigenvalue weighted by Gasteiger charge is 2.18. The fourth-order valence-corrected chi connectivity index (χ4v) is 2.67. The average Bonchev–Trinajstić information content (AvgIpc) is 2.87. The molecule has 0 radical (unpaired) electrons. The molecule has 0 aliphatic carbocycles. The molecule has 5 nitrogen and oxygen atoms in total.